The van der Waals surface area contributed by atoms with Crippen molar-refractivity contribution >= 4 is 23.3 Å². The van der Waals surface area contributed by atoms with Crippen molar-refractivity contribution < 1.29 is 14.3 Å². The van der Waals surface area contributed by atoms with Crippen LogP contribution in [-0.4, -0.2) is 28.8 Å². The fraction of sp³-hybridized carbons (Fsp3) is 0.143. The minimum atomic E-state index is -0.379. The Morgan fingerprint density at radius 3 is 2.57 bits per heavy atom. The molecule has 1 aromatic heterocycles. The maximum absolute atomic E-state index is 12.5. The fourth-order valence-corrected chi connectivity index (χ4v) is 2.51. The number of carbonyl (C=O) groups excluding carboxylic acids is 2. The number of anilines is 2. The number of ether oxygens (including phenoxy) is 1. The van der Waals surface area contributed by atoms with Crippen molar-refractivity contribution in [3.8, 4) is 5.75 Å². The van der Waals surface area contributed by atoms with Crippen LogP contribution < -0.4 is 15.4 Å². The molecule has 3 aromatic rings. The number of ketones is 1. The summed E-state index contributed by atoms with van der Waals surface area (Å²) in [6, 6.07) is 15.9. The zero-order valence-electron chi connectivity index (χ0n) is 15.6. The van der Waals surface area contributed by atoms with Crippen LogP contribution >= 0.6 is 0 Å². The maximum atomic E-state index is 12.5. The molecule has 0 bridgehead atoms. The van der Waals surface area contributed by atoms with Gasteiger partial charge in [-0.3, -0.25) is 9.59 Å². The number of benzene rings is 2. The van der Waals surface area contributed by atoms with Gasteiger partial charge in [0.2, 0.25) is 5.95 Å². The predicted molar refractivity (Wildman–Crippen MR) is 107 cm³/mol. The number of carbonyl (C=O) groups is 2. The zero-order chi connectivity index (χ0) is 19.9. The van der Waals surface area contributed by atoms with E-state index in [0.29, 0.717) is 23.7 Å². The molecule has 7 heteroatoms. The highest BCUT2D eigenvalue weighted by molar-refractivity contribution is 6.04. The van der Waals surface area contributed by atoms with Gasteiger partial charge in [0, 0.05) is 24.0 Å². The number of aromatic nitrogens is 2. The average molecular weight is 376 g/mol. The van der Waals surface area contributed by atoms with Gasteiger partial charge < -0.3 is 15.4 Å². The molecule has 0 aliphatic carbocycles. The molecule has 0 aliphatic heterocycles. The van der Waals surface area contributed by atoms with Crippen LogP contribution in [0, 0.1) is 0 Å². The van der Waals surface area contributed by atoms with Crippen molar-refractivity contribution in [3.63, 3.8) is 0 Å². The number of hydrogen-bond donors (Lipinski definition) is 2. The van der Waals surface area contributed by atoms with Crippen LogP contribution in [0.2, 0.25) is 0 Å². The molecule has 0 saturated carbocycles. The van der Waals surface area contributed by atoms with E-state index < -0.39 is 0 Å². The van der Waals surface area contributed by atoms with E-state index in [2.05, 4.69) is 20.6 Å². The number of nitrogens with one attached hydrogen (secondary N) is 2. The van der Waals surface area contributed by atoms with Crippen LogP contribution in [0.4, 0.5) is 11.6 Å². The Bertz CT molecular complexity index is 987. The molecule has 1 heterocycles. The number of nitrogens with zero attached hydrogens (tertiary/aromatic N) is 2. The molecule has 0 radical (unpaired) electrons. The third kappa shape index (κ3) is 4.91. The van der Waals surface area contributed by atoms with Gasteiger partial charge >= 0.3 is 0 Å². The summed E-state index contributed by atoms with van der Waals surface area (Å²) in [5, 5.41) is 5.84. The highest BCUT2D eigenvalue weighted by Gasteiger charge is 2.10. The molecular formula is C21H20N4O3. The van der Waals surface area contributed by atoms with Gasteiger partial charge in [-0.2, -0.15) is 0 Å². The normalized spacial score (nSPS) is 10.2. The Morgan fingerprint density at radius 1 is 1.07 bits per heavy atom. The van der Waals surface area contributed by atoms with Gasteiger partial charge in [-0.1, -0.05) is 24.3 Å². The number of methoxy groups -OCH3 is 1. The number of hydrogen-bond acceptors (Lipinski definition) is 6. The summed E-state index contributed by atoms with van der Waals surface area (Å²) in [4.78, 5) is 32.3. The van der Waals surface area contributed by atoms with Crippen molar-refractivity contribution in [2.24, 2.45) is 0 Å². The van der Waals surface area contributed by atoms with Gasteiger partial charge in [0.1, 0.15) is 11.4 Å². The second-order valence-electron chi connectivity index (χ2n) is 6.06. The molecular weight excluding hydrogens is 356 g/mol. The maximum Gasteiger partial charge on any atom is 0.274 e. The summed E-state index contributed by atoms with van der Waals surface area (Å²) in [5.74, 6) is 0.687. The van der Waals surface area contributed by atoms with Crippen molar-refractivity contribution in [1.29, 1.82) is 0 Å². The van der Waals surface area contributed by atoms with Crippen LogP contribution in [0.3, 0.4) is 0 Å². The van der Waals surface area contributed by atoms with Crippen molar-refractivity contribution in [1.82, 2.24) is 9.97 Å². The molecule has 0 atom stereocenters. The van der Waals surface area contributed by atoms with E-state index >= 15 is 0 Å². The standard InChI is InChI=1S/C21H20N4O3/c1-14(26)16-4-3-5-17(12-16)24-20(27)19-10-11-22-21(25-19)23-13-15-6-8-18(28-2)9-7-15/h3-12H,13H2,1-2H3,(H,24,27)(H,22,23,25). The third-order valence-electron chi connectivity index (χ3n) is 4.02. The van der Waals surface area contributed by atoms with Crippen LogP contribution in [0.25, 0.3) is 0 Å². The minimum absolute atomic E-state index is 0.0665. The van der Waals surface area contributed by atoms with E-state index in [0.717, 1.165) is 11.3 Å². The first kappa shape index (κ1) is 19.0. The molecule has 0 saturated heterocycles. The largest absolute Gasteiger partial charge is 0.497 e. The van der Waals surface area contributed by atoms with E-state index in [4.69, 9.17) is 4.74 Å². The molecule has 2 N–H and O–H groups in total. The molecule has 0 aliphatic rings. The lowest BCUT2D eigenvalue weighted by atomic mass is 10.1. The molecule has 1 amide bonds. The minimum Gasteiger partial charge on any atom is -0.497 e. The van der Waals surface area contributed by atoms with E-state index in [1.807, 2.05) is 24.3 Å². The molecule has 7 nitrogen and oxygen atoms in total. The number of Topliss-reactive ketones (excluding diaryl/α,β-unsaturated/α-hetero) is 1. The average Bonchev–Trinajstić information content (AvgIpc) is 2.73. The summed E-state index contributed by atoms with van der Waals surface area (Å²) in [7, 11) is 1.62. The lowest BCUT2D eigenvalue weighted by Crippen LogP contribution is -2.15. The highest BCUT2D eigenvalue weighted by Crippen LogP contribution is 2.14. The van der Waals surface area contributed by atoms with Crippen molar-refractivity contribution in [2.45, 2.75) is 13.5 Å². The zero-order valence-corrected chi connectivity index (χ0v) is 15.6. The topological polar surface area (TPSA) is 93.2 Å². The van der Waals surface area contributed by atoms with Crippen LogP contribution in [0.5, 0.6) is 5.75 Å². The first-order valence-electron chi connectivity index (χ1n) is 8.67. The molecule has 2 aromatic carbocycles. The van der Waals surface area contributed by atoms with Crippen molar-refractivity contribution in [3.05, 3.63) is 77.6 Å². The fourth-order valence-electron chi connectivity index (χ4n) is 2.51. The Morgan fingerprint density at radius 2 is 1.86 bits per heavy atom. The Kier molecular flexibility index (Phi) is 5.96. The summed E-state index contributed by atoms with van der Waals surface area (Å²) >= 11 is 0. The monoisotopic (exact) mass is 376 g/mol. The van der Waals surface area contributed by atoms with E-state index in [9.17, 15) is 9.59 Å². The lowest BCUT2D eigenvalue weighted by Gasteiger charge is -2.08. The Hall–Kier alpha value is -3.74. The van der Waals surface area contributed by atoms with Crippen LogP contribution in [0.1, 0.15) is 33.3 Å². The molecule has 3 rings (SSSR count). The molecule has 0 spiro atoms. The van der Waals surface area contributed by atoms with Crippen LogP contribution in [0.15, 0.2) is 60.8 Å². The van der Waals surface area contributed by atoms with Gasteiger partial charge in [0.25, 0.3) is 5.91 Å². The molecule has 142 valence electrons. The summed E-state index contributed by atoms with van der Waals surface area (Å²) in [6.07, 6.45) is 1.52. The van der Waals surface area contributed by atoms with E-state index in [1.165, 1.54) is 19.2 Å². The second kappa shape index (κ2) is 8.77. The summed E-state index contributed by atoms with van der Waals surface area (Å²) in [6.45, 7) is 1.99. The van der Waals surface area contributed by atoms with E-state index in [-0.39, 0.29) is 17.4 Å². The van der Waals surface area contributed by atoms with Gasteiger partial charge in [-0.25, -0.2) is 9.97 Å². The quantitative estimate of drug-likeness (QED) is 0.613. The summed E-state index contributed by atoms with van der Waals surface area (Å²) < 4.78 is 5.14. The van der Waals surface area contributed by atoms with Gasteiger partial charge in [-0.05, 0) is 42.8 Å². The first-order valence-corrected chi connectivity index (χ1v) is 8.67. The Labute approximate surface area is 162 Å². The third-order valence-corrected chi connectivity index (χ3v) is 4.02. The first-order chi connectivity index (χ1) is 13.5. The van der Waals surface area contributed by atoms with Crippen molar-refractivity contribution in [2.75, 3.05) is 17.7 Å². The van der Waals surface area contributed by atoms with E-state index in [1.54, 1.807) is 31.4 Å². The molecule has 28 heavy (non-hydrogen) atoms. The van der Waals surface area contributed by atoms with Gasteiger partial charge in [0.15, 0.2) is 5.78 Å². The molecule has 0 unspecified atom stereocenters. The molecule has 0 fully saturated rings. The SMILES string of the molecule is COc1ccc(CNc2nccc(C(=O)Nc3cccc(C(C)=O)c3)n2)cc1. The summed E-state index contributed by atoms with van der Waals surface area (Å²) in [5.41, 5.74) is 2.31. The number of amides is 1. The Balaban J connectivity index is 1.65. The predicted octanol–water partition coefficient (Wildman–Crippen LogP) is 3.55. The van der Waals surface area contributed by atoms with Crippen LogP contribution in [-0.2, 0) is 6.54 Å². The smallest absolute Gasteiger partial charge is 0.274 e. The highest BCUT2D eigenvalue weighted by atomic mass is 16.5. The second-order valence-corrected chi connectivity index (χ2v) is 6.06. The van der Waals surface area contributed by atoms with Gasteiger partial charge in [0.05, 0.1) is 7.11 Å². The van der Waals surface area contributed by atoms with Gasteiger partial charge in [-0.15, -0.1) is 0 Å². The lowest BCUT2D eigenvalue weighted by molar-refractivity contribution is 0.100. The number of rotatable bonds is 7.